The second-order valence-corrected chi connectivity index (χ2v) is 12.3. The highest BCUT2D eigenvalue weighted by Crippen LogP contribution is 2.43. The molecule has 1 aliphatic carbocycles. The Balaban J connectivity index is 1.45. The molecule has 0 aromatic carbocycles. The van der Waals surface area contributed by atoms with Gasteiger partial charge in [-0.2, -0.15) is 0 Å². The fraction of sp³-hybridized carbons (Fsp3) is 0.926. The van der Waals surface area contributed by atoms with E-state index in [0.29, 0.717) is 29.2 Å². The first-order valence-electron chi connectivity index (χ1n) is 13.4. The molecule has 2 fully saturated rings. The Morgan fingerprint density at radius 2 is 1.97 bits per heavy atom. The molecule has 186 valence electrons. The quantitative estimate of drug-likeness (QED) is 0.338. The van der Waals surface area contributed by atoms with Gasteiger partial charge in [-0.3, -0.25) is 5.32 Å². The van der Waals surface area contributed by atoms with Crippen LogP contribution in [0.2, 0.25) is 0 Å². The van der Waals surface area contributed by atoms with Crippen LogP contribution < -0.4 is 10.6 Å². The highest BCUT2D eigenvalue weighted by Gasteiger charge is 2.40. The zero-order chi connectivity index (χ0) is 23.1. The molecule has 0 spiro atoms. The standard InChI is InChI=1S/C27H50ClN3O/c1-6-15-32-26-12-7-21(17-30-26)16-29-25(20(2)3)18-31-14-13-24(27(4,5)19-31)22-8-10-23(28)11-9-22/h8,10,20-26,29-30H,6-7,9,11-19H2,1-5H3/t21?,22?,23?,24?,25-,26?/m0/s1. The minimum Gasteiger partial charge on any atom is -0.363 e. The second-order valence-electron chi connectivity index (χ2n) is 11.7. The molecule has 3 rings (SSSR count). The molecule has 3 aliphatic rings. The Kier molecular flexibility index (Phi) is 10.4. The molecule has 0 aromatic heterocycles. The maximum atomic E-state index is 6.30. The lowest BCUT2D eigenvalue weighted by molar-refractivity contribution is 0.00196. The van der Waals surface area contributed by atoms with Crippen molar-refractivity contribution in [2.75, 3.05) is 39.3 Å². The Morgan fingerprint density at radius 3 is 2.56 bits per heavy atom. The summed E-state index contributed by atoms with van der Waals surface area (Å²) in [6.07, 6.45) is 12.1. The number of rotatable bonds is 10. The van der Waals surface area contributed by atoms with Crippen molar-refractivity contribution >= 4 is 11.6 Å². The summed E-state index contributed by atoms with van der Waals surface area (Å²) in [6.45, 7) is 18.6. The molecule has 0 amide bonds. The molecular formula is C27H50ClN3O. The van der Waals surface area contributed by atoms with Gasteiger partial charge in [-0.1, -0.05) is 46.8 Å². The van der Waals surface area contributed by atoms with Crippen LogP contribution >= 0.6 is 11.6 Å². The van der Waals surface area contributed by atoms with E-state index in [-0.39, 0.29) is 11.6 Å². The van der Waals surface area contributed by atoms with Crippen molar-refractivity contribution in [2.45, 2.75) is 90.8 Å². The molecular weight excluding hydrogens is 418 g/mol. The molecule has 6 atom stereocenters. The third-order valence-corrected chi connectivity index (χ3v) is 8.54. The van der Waals surface area contributed by atoms with E-state index < -0.39 is 0 Å². The van der Waals surface area contributed by atoms with Gasteiger partial charge >= 0.3 is 0 Å². The van der Waals surface area contributed by atoms with Crippen molar-refractivity contribution in [2.24, 2.45) is 29.1 Å². The Morgan fingerprint density at radius 1 is 1.16 bits per heavy atom. The van der Waals surface area contributed by atoms with Crippen molar-refractivity contribution < 1.29 is 4.74 Å². The summed E-state index contributed by atoms with van der Waals surface area (Å²) in [5.74, 6) is 2.85. The number of hydrogen-bond donors (Lipinski definition) is 2. The van der Waals surface area contributed by atoms with Crippen LogP contribution in [0.1, 0.15) is 73.1 Å². The van der Waals surface area contributed by atoms with E-state index in [2.05, 4.69) is 62.3 Å². The van der Waals surface area contributed by atoms with Crippen molar-refractivity contribution in [1.29, 1.82) is 0 Å². The van der Waals surface area contributed by atoms with Crippen molar-refractivity contribution in [1.82, 2.24) is 15.5 Å². The van der Waals surface area contributed by atoms with Crippen LogP contribution in [0.3, 0.4) is 0 Å². The number of ether oxygens (including phenoxy) is 1. The van der Waals surface area contributed by atoms with Gasteiger partial charge in [-0.25, -0.2) is 0 Å². The Labute approximate surface area is 203 Å². The molecule has 0 radical (unpaired) electrons. The number of allylic oxidation sites excluding steroid dienone is 2. The van der Waals surface area contributed by atoms with E-state index in [1.807, 2.05) is 0 Å². The number of nitrogens with one attached hydrogen (secondary N) is 2. The van der Waals surface area contributed by atoms with E-state index in [9.17, 15) is 0 Å². The Hall–Kier alpha value is -0.130. The summed E-state index contributed by atoms with van der Waals surface area (Å²) >= 11 is 6.30. The minimum atomic E-state index is 0.251. The molecule has 2 N–H and O–H groups in total. The Bertz CT molecular complexity index is 573. The minimum absolute atomic E-state index is 0.251. The van der Waals surface area contributed by atoms with Crippen LogP contribution in [0.4, 0.5) is 0 Å². The first-order chi connectivity index (χ1) is 15.3. The molecule has 2 saturated heterocycles. The van der Waals surface area contributed by atoms with Crippen LogP contribution in [-0.2, 0) is 4.74 Å². The molecule has 5 unspecified atom stereocenters. The van der Waals surface area contributed by atoms with Gasteiger partial charge < -0.3 is 15.0 Å². The zero-order valence-corrected chi connectivity index (χ0v) is 22.2. The number of likely N-dealkylation sites (tertiary alicyclic amines) is 1. The molecule has 2 aliphatic heterocycles. The van der Waals surface area contributed by atoms with Gasteiger partial charge in [0.2, 0.25) is 0 Å². The molecule has 0 saturated carbocycles. The van der Waals surface area contributed by atoms with E-state index in [0.717, 1.165) is 44.9 Å². The summed E-state index contributed by atoms with van der Waals surface area (Å²) in [5.41, 5.74) is 0.356. The summed E-state index contributed by atoms with van der Waals surface area (Å²) in [4.78, 5) is 2.73. The number of nitrogens with zero attached hydrogens (tertiary/aromatic N) is 1. The molecule has 0 bridgehead atoms. The predicted octanol–water partition coefficient (Wildman–Crippen LogP) is 5.27. The molecule has 2 heterocycles. The first kappa shape index (κ1) is 26.5. The maximum absolute atomic E-state index is 6.30. The summed E-state index contributed by atoms with van der Waals surface area (Å²) in [6, 6.07) is 0.558. The zero-order valence-electron chi connectivity index (χ0n) is 21.4. The number of alkyl halides is 1. The third-order valence-electron chi connectivity index (χ3n) is 8.17. The highest BCUT2D eigenvalue weighted by molar-refractivity contribution is 6.21. The van der Waals surface area contributed by atoms with Crippen LogP contribution in [0.25, 0.3) is 0 Å². The smallest absolute Gasteiger partial charge is 0.108 e. The maximum Gasteiger partial charge on any atom is 0.108 e. The van der Waals surface area contributed by atoms with Crippen molar-refractivity contribution in [3.63, 3.8) is 0 Å². The van der Waals surface area contributed by atoms with Crippen LogP contribution in [0.15, 0.2) is 12.2 Å². The lowest BCUT2D eigenvalue weighted by Gasteiger charge is -2.48. The summed E-state index contributed by atoms with van der Waals surface area (Å²) in [5, 5.41) is 7.81. The topological polar surface area (TPSA) is 36.5 Å². The lowest BCUT2D eigenvalue weighted by atomic mass is 9.65. The predicted molar refractivity (Wildman–Crippen MR) is 137 cm³/mol. The molecule has 32 heavy (non-hydrogen) atoms. The largest absolute Gasteiger partial charge is 0.363 e. The van der Waals surface area contributed by atoms with Crippen LogP contribution in [0.5, 0.6) is 0 Å². The molecule has 4 nitrogen and oxygen atoms in total. The van der Waals surface area contributed by atoms with E-state index in [1.165, 1.54) is 38.9 Å². The number of halogens is 1. The second kappa shape index (κ2) is 12.5. The number of hydrogen-bond acceptors (Lipinski definition) is 4. The molecule has 5 heteroatoms. The van der Waals surface area contributed by atoms with E-state index in [4.69, 9.17) is 16.3 Å². The van der Waals surface area contributed by atoms with Gasteiger partial charge in [0, 0.05) is 32.3 Å². The van der Waals surface area contributed by atoms with Gasteiger partial charge in [0.05, 0.1) is 5.38 Å². The summed E-state index contributed by atoms with van der Waals surface area (Å²) in [7, 11) is 0. The average Bonchev–Trinajstić information content (AvgIpc) is 2.76. The number of piperidine rings is 2. The van der Waals surface area contributed by atoms with Crippen LogP contribution in [0, 0.1) is 29.1 Å². The van der Waals surface area contributed by atoms with Gasteiger partial charge in [-0.15, -0.1) is 11.6 Å². The fourth-order valence-corrected chi connectivity index (χ4v) is 6.36. The van der Waals surface area contributed by atoms with Gasteiger partial charge in [0.15, 0.2) is 0 Å². The SMILES string of the molecule is CCCOC1CCC(CN[C@@H](CN2CCC(C3C=CC(Cl)CC3)C(C)(C)C2)C(C)C)CN1. The van der Waals surface area contributed by atoms with Gasteiger partial charge in [0.1, 0.15) is 6.23 Å². The monoisotopic (exact) mass is 467 g/mol. The van der Waals surface area contributed by atoms with E-state index in [1.54, 1.807) is 0 Å². The van der Waals surface area contributed by atoms with Crippen LogP contribution in [-0.4, -0.2) is 61.9 Å². The molecule has 0 aromatic rings. The normalized spacial score (nSPS) is 34.7. The first-order valence-corrected chi connectivity index (χ1v) is 13.8. The van der Waals surface area contributed by atoms with Crippen molar-refractivity contribution in [3.8, 4) is 0 Å². The van der Waals surface area contributed by atoms with Gasteiger partial charge in [0.25, 0.3) is 0 Å². The van der Waals surface area contributed by atoms with Gasteiger partial charge in [-0.05, 0) is 80.7 Å². The van der Waals surface area contributed by atoms with E-state index >= 15 is 0 Å². The lowest BCUT2D eigenvalue weighted by Crippen LogP contribution is -2.54. The average molecular weight is 468 g/mol. The fourth-order valence-electron chi connectivity index (χ4n) is 6.15. The summed E-state index contributed by atoms with van der Waals surface area (Å²) < 4.78 is 5.87. The third kappa shape index (κ3) is 7.70. The van der Waals surface area contributed by atoms with Crippen molar-refractivity contribution in [3.05, 3.63) is 12.2 Å². The highest BCUT2D eigenvalue weighted by atomic mass is 35.5.